The van der Waals surface area contributed by atoms with Crippen molar-refractivity contribution in [2.24, 2.45) is 0 Å². The molecule has 0 saturated carbocycles. The lowest BCUT2D eigenvalue weighted by atomic mass is 10.1. The van der Waals surface area contributed by atoms with Gasteiger partial charge in [-0.2, -0.15) is 0 Å². The summed E-state index contributed by atoms with van der Waals surface area (Å²) >= 11 is 29.9. The van der Waals surface area contributed by atoms with Crippen molar-refractivity contribution < 1.29 is 5.11 Å². The molecule has 0 saturated heterocycles. The molecule has 0 amide bonds. The predicted octanol–water partition coefficient (Wildman–Crippen LogP) is 6.10. The summed E-state index contributed by atoms with van der Waals surface area (Å²) in [5.41, 5.74) is 1.03. The Morgan fingerprint density at radius 1 is 0.857 bits per heavy atom. The molecule has 0 aliphatic carbocycles. The fourth-order valence-electron chi connectivity index (χ4n) is 1.79. The number of aliphatic hydroxyl groups excluding tert-OH is 1. The van der Waals surface area contributed by atoms with Crippen LogP contribution >= 0.6 is 58.0 Å². The molecule has 0 fully saturated rings. The van der Waals surface area contributed by atoms with Gasteiger partial charge >= 0.3 is 0 Å². The molecule has 7 heteroatoms. The minimum atomic E-state index is -0.862. The first-order chi connectivity index (χ1) is 9.88. The molecule has 21 heavy (non-hydrogen) atoms. The lowest BCUT2D eigenvalue weighted by Gasteiger charge is -2.16. The number of anilines is 1. The van der Waals surface area contributed by atoms with Crippen molar-refractivity contribution in [2.45, 2.75) is 6.10 Å². The van der Waals surface area contributed by atoms with Crippen LogP contribution in [-0.4, -0.2) is 11.7 Å². The van der Waals surface area contributed by atoms with Crippen LogP contribution in [0.3, 0.4) is 0 Å². The van der Waals surface area contributed by atoms with Crippen LogP contribution in [0.4, 0.5) is 5.69 Å². The summed E-state index contributed by atoms with van der Waals surface area (Å²) in [6.07, 6.45) is -0.862. The fraction of sp³-hybridized carbons (Fsp3) is 0.143. The second-order valence-electron chi connectivity index (χ2n) is 4.31. The Bertz CT molecular complexity index is 639. The molecular formula is C14H10Cl5NO. The minimum absolute atomic E-state index is 0.168. The molecule has 0 aromatic heterocycles. The molecule has 0 radical (unpaired) electrons. The normalized spacial score (nSPS) is 12.3. The van der Waals surface area contributed by atoms with Gasteiger partial charge in [-0.15, -0.1) is 0 Å². The highest BCUT2D eigenvalue weighted by Gasteiger charge is 2.14. The van der Waals surface area contributed by atoms with Crippen LogP contribution < -0.4 is 5.32 Å². The van der Waals surface area contributed by atoms with E-state index in [1.807, 2.05) is 0 Å². The Morgan fingerprint density at radius 3 is 2.10 bits per heavy atom. The van der Waals surface area contributed by atoms with Crippen LogP contribution in [0.25, 0.3) is 0 Å². The van der Waals surface area contributed by atoms with E-state index in [0.717, 1.165) is 0 Å². The smallest absolute Gasteiger partial charge is 0.0977 e. The summed E-state index contributed by atoms with van der Waals surface area (Å²) in [7, 11) is 0. The molecule has 2 aromatic rings. The fourth-order valence-corrected chi connectivity index (χ4v) is 3.16. The predicted molar refractivity (Wildman–Crippen MR) is 91.4 cm³/mol. The van der Waals surface area contributed by atoms with Crippen LogP contribution in [0.5, 0.6) is 0 Å². The Morgan fingerprint density at radius 2 is 1.48 bits per heavy atom. The van der Waals surface area contributed by atoms with Gasteiger partial charge in [0.15, 0.2) is 0 Å². The maximum atomic E-state index is 10.2. The van der Waals surface area contributed by atoms with Gasteiger partial charge in [-0.1, -0.05) is 58.0 Å². The van der Waals surface area contributed by atoms with E-state index in [0.29, 0.717) is 36.4 Å². The Labute approximate surface area is 147 Å². The number of rotatable bonds is 4. The molecule has 2 rings (SSSR count). The van der Waals surface area contributed by atoms with Gasteiger partial charge in [0, 0.05) is 27.2 Å². The third-order valence-electron chi connectivity index (χ3n) is 2.80. The first kappa shape index (κ1) is 17.0. The van der Waals surface area contributed by atoms with Crippen molar-refractivity contribution in [1.29, 1.82) is 0 Å². The highest BCUT2D eigenvalue weighted by Crippen LogP contribution is 2.34. The van der Waals surface area contributed by atoms with Crippen molar-refractivity contribution in [1.82, 2.24) is 0 Å². The zero-order valence-electron chi connectivity index (χ0n) is 10.5. The molecule has 112 valence electrons. The van der Waals surface area contributed by atoms with E-state index in [9.17, 15) is 5.11 Å². The molecule has 0 heterocycles. The van der Waals surface area contributed by atoms with Crippen LogP contribution in [0.2, 0.25) is 25.1 Å². The van der Waals surface area contributed by atoms with Crippen molar-refractivity contribution in [2.75, 3.05) is 11.9 Å². The Balaban J connectivity index is 2.15. The van der Waals surface area contributed by atoms with Crippen LogP contribution in [0.15, 0.2) is 30.3 Å². The van der Waals surface area contributed by atoms with Gasteiger partial charge in [0.05, 0.1) is 21.8 Å². The van der Waals surface area contributed by atoms with Crippen LogP contribution in [-0.2, 0) is 0 Å². The second kappa shape index (κ2) is 7.28. The van der Waals surface area contributed by atoms with E-state index < -0.39 is 6.10 Å². The van der Waals surface area contributed by atoms with Crippen molar-refractivity contribution in [3.63, 3.8) is 0 Å². The number of hydrogen-bond acceptors (Lipinski definition) is 2. The van der Waals surface area contributed by atoms with E-state index in [2.05, 4.69) is 5.32 Å². The van der Waals surface area contributed by atoms with Gasteiger partial charge in [-0.25, -0.2) is 0 Å². The van der Waals surface area contributed by atoms with Crippen molar-refractivity contribution >= 4 is 63.7 Å². The Hall–Kier alpha value is -0.350. The minimum Gasteiger partial charge on any atom is -0.387 e. The molecule has 2 nitrogen and oxygen atoms in total. The summed E-state index contributed by atoms with van der Waals surface area (Å²) in [6.45, 7) is 0.168. The number of aliphatic hydroxyl groups is 1. The summed E-state index contributed by atoms with van der Waals surface area (Å²) in [5, 5.41) is 15.3. The van der Waals surface area contributed by atoms with Gasteiger partial charge < -0.3 is 10.4 Å². The first-order valence-corrected chi connectivity index (χ1v) is 7.79. The number of halogens is 5. The molecule has 0 aliphatic rings. The quantitative estimate of drug-likeness (QED) is 0.666. The monoisotopic (exact) mass is 383 g/mol. The lowest BCUT2D eigenvalue weighted by Crippen LogP contribution is -2.13. The number of benzene rings is 2. The van der Waals surface area contributed by atoms with Crippen LogP contribution in [0, 0.1) is 0 Å². The number of nitrogens with one attached hydrogen (secondary N) is 1. The highest BCUT2D eigenvalue weighted by molar-refractivity contribution is 6.41. The zero-order chi connectivity index (χ0) is 15.6. The van der Waals surface area contributed by atoms with Gasteiger partial charge in [0.25, 0.3) is 0 Å². The number of hydrogen-bond donors (Lipinski definition) is 2. The van der Waals surface area contributed by atoms with Crippen molar-refractivity contribution in [3.05, 3.63) is 61.0 Å². The molecular weight excluding hydrogens is 375 g/mol. The maximum Gasteiger partial charge on any atom is 0.0977 e. The zero-order valence-corrected chi connectivity index (χ0v) is 14.3. The van der Waals surface area contributed by atoms with E-state index in [4.69, 9.17) is 58.0 Å². The Kier molecular flexibility index (Phi) is 5.89. The first-order valence-electron chi connectivity index (χ1n) is 5.90. The van der Waals surface area contributed by atoms with Crippen LogP contribution in [0.1, 0.15) is 11.7 Å². The standard InChI is InChI=1S/C14H10Cl5NO/c15-7-1-2-10(17)9(3-7)13(21)6-20-14-11(18)4-8(16)5-12(14)19/h1-5,13,20-21H,6H2. The van der Waals surface area contributed by atoms with Crippen molar-refractivity contribution in [3.8, 4) is 0 Å². The summed E-state index contributed by atoms with van der Waals surface area (Å²) in [4.78, 5) is 0. The molecule has 2 aromatic carbocycles. The van der Waals surface area contributed by atoms with E-state index >= 15 is 0 Å². The largest absolute Gasteiger partial charge is 0.387 e. The molecule has 1 atom stereocenters. The third-order valence-corrected chi connectivity index (χ3v) is 4.19. The summed E-state index contributed by atoms with van der Waals surface area (Å²) in [6, 6.07) is 8.03. The van der Waals surface area contributed by atoms with Gasteiger partial charge in [0.2, 0.25) is 0 Å². The molecule has 0 spiro atoms. The van der Waals surface area contributed by atoms with Gasteiger partial charge in [-0.3, -0.25) is 0 Å². The highest BCUT2D eigenvalue weighted by atomic mass is 35.5. The molecule has 2 N–H and O–H groups in total. The average Bonchev–Trinajstić information content (AvgIpc) is 2.40. The molecule has 0 aliphatic heterocycles. The second-order valence-corrected chi connectivity index (χ2v) is 6.40. The average molecular weight is 386 g/mol. The SMILES string of the molecule is OC(CNc1c(Cl)cc(Cl)cc1Cl)c1cc(Cl)ccc1Cl. The van der Waals surface area contributed by atoms with E-state index in [1.54, 1.807) is 30.3 Å². The van der Waals surface area contributed by atoms with E-state index in [1.165, 1.54) is 0 Å². The van der Waals surface area contributed by atoms with Gasteiger partial charge in [0.1, 0.15) is 0 Å². The van der Waals surface area contributed by atoms with E-state index in [-0.39, 0.29) is 6.54 Å². The molecule has 0 bridgehead atoms. The maximum absolute atomic E-state index is 10.2. The third kappa shape index (κ3) is 4.32. The summed E-state index contributed by atoms with van der Waals surface area (Å²) in [5.74, 6) is 0. The topological polar surface area (TPSA) is 32.3 Å². The summed E-state index contributed by atoms with van der Waals surface area (Å²) < 4.78 is 0. The lowest BCUT2D eigenvalue weighted by molar-refractivity contribution is 0.192. The van der Waals surface area contributed by atoms with Gasteiger partial charge in [-0.05, 0) is 30.3 Å². The molecule has 1 unspecified atom stereocenters.